The first-order chi connectivity index (χ1) is 7.55. The molecule has 1 heterocycles. The molecule has 0 aromatic heterocycles. The van der Waals surface area contributed by atoms with Crippen molar-refractivity contribution >= 4 is 23.3 Å². The molecule has 5 heteroatoms. The first kappa shape index (κ1) is 11.2. The third kappa shape index (κ3) is 1.64. The molecular formula is C11H12ClNO3. The molecule has 0 spiro atoms. The van der Waals surface area contributed by atoms with Crippen LogP contribution in [-0.2, 0) is 10.4 Å². The third-order valence-electron chi connectivity index (χ3n) is 2.83. The molecule has 0 amide bonds. The molecule has 2 rings (SSSR count). The van der Waals surface area contributed by atoms with Gasteiger partial charge in [0, 0.05) is 12.1 Å². The number of para-hydroxylation sites is 1. The minimum Gasteiger partial charge on any atom is -0.479 e. The van der Waals surface area contributed by atoms with Crippen molar-refractivity contribution in [1.82, 2.24) is 0 Å². The van der Waals surface area contributed by atoms with E-state index in [0.29, 0.717) is 29.2 Å². The third-order valence-corrected chi connectivity index (χ3v) is 3.15. The molecule has 1 atom stereocenters. The highest BCUT2D eigenvalue weighted by Gasteiger charge is 2.41. The van der Waals surface area contributed by atoms with Gasteiger partial charge in [-0.15, -0.1) is 0 Å². The second-order valence-electron chi connectivity index (χ2n) is 3.86. The van der Waals surface area contributed by atoms with E-state index >= 15 is 0 Å². The van der Waals surface area contributed by atoms with Gasteiger partial charge in [0.25, 0.3) is 0 Å². The monoisotopic (exact) mass is 241 g/mol. The average molecular weight is 242 g/mol. The van der Waals surface area contributed by atoms with E-state index < -0.39 is 11.6 Å². The summed E-state index contributed by atoms with van der Waals surface area (Å²) in [6, 6.07) is 4.90. The molecule has 1 aromatic rings. The molecule has 0 aliphatic carbocycles. The highest BCUT2D eigenvalue weighted by Crippen LogP contribution is 2.38. The van der Waals surface area contributed by atoms with Crippen LogP contribution in [0.1, 0.15) is 18.4 Å². The van der Waals surface area contributed by atoms with E-state index in [-0.39, 0.29) is 6.42 Å². The second-order valence-corrected chi connectivity index (χ2v) is 4.27. The Morgan fingerprint density at radius 3 is 2.94 bits per heavy atom. The number of anilines is 1. The van der Waals surface area contributed by atoms with Crippen LogP contribution in [0.4, 0.5) is 5.69 Å². The van der Waals surface area contributed by atoms with Crippen molar-refractivity contribution in [3.63, 3.8) is 0 Å². The van der Waals surface area contributed by atoms with Gasteiger partial charge < -0.3 is 15.5 Å². The number of hydrogen-bond donors (Lipinski definition) is 3. The Balaban J connectivity index is 2.62. The SMILES string of the molecule is O=C(O)C1(O)CCCNc2c(Cl)cccc21. The normalized spacial score (nSPS) is 24.1. The average Bonchev–Trinajstić information content (AvgIpc) is 2.41. The predicted octanol–water partition coefficient (Wildman–Crippen LogP) is 1.82. The fourth-order valence-electron chi connectivity index (χ4n) is 1.96. The molecule has 0 fully saturated rings. The Bertz CT molecular complexity index is 435. The number of rotatable bonds is 1. The van der Waals surface area contributed by atoms with Crippen molar-refractivity contribution < 1.29 is 15.0 Å². The Morgan fingerprint density at radius 2 is 2.25 bits per heavy atom. The molecule has 0 saturated carbocycles. The van der Waals surface area contributed by atoms with Gasteiger partial charge in [0.05, 0.1) is 10.7 Å². The lowest BCUT2D eigenvalue weighted by atomic mass is 9.89. The highest BCUT2D eigenvalue weighted by molar-refractivity contribution is 6.33. The summed E-state index contributed by atoms with van der Waals surface area (Å²) < 4.78 is 0. The van der Waals surface area contributed by atoms with Crippen LogP contribution >= 0.6 is 11.6 Å². The van der Waals surface area contributed by atoms with Gasteiger partial charge in [-0.2, -0.15) is 0 Å². The largest absolute Gasteiger partial charge is 0.479 e. The van der Waals surface area contributed by atoms with Gasteiger partial charge in [-0.25, -0.2) is 4.79 Å². The van der Waals surface area contributed by atoms with E-state index in [1.807, 2.05) is 0 Å². The Labute approximate surface area is 97.9 Å². The van der Waals surface area contributed by atoms with Crippen LogP contribution in [0.2, 0.25) is 5.02 Å². The highest BCUT2D eigenvalue weighted by atomic mass is 35.5. The number of aliphatic hydroxyl groups is 1. The maximum absolute atomic E-state index is 11.2. The van der Waals surface area contributed by atoms with Crippen LogP contribution < -0.4 is 5.32 Å². The van der Waals surface area contributed by atoms with Gasteiger partial charge in [-0.05, 0) is 18.9 Å². The standard InChI is InChI=1S/C11H12ClNO3/c12-8-4-1-3-7-9(8)13-6-2-5-11(7,16)10(14)15/h1,3-4,13,16H,2,5-6H2,(H,14,15). The fourth-order valence-corrected chi connectivity index (χ4v) is 2.20. The summed E-state index contributed by atoms with van der Waals surface area (Å²) in [5.74, 6) is -1.24. The molecule has 0 saturated heterocycles. The summed E-state index contributed by atoms with van der Waals surface area (Å²) in [7, 11) is 0. The van der Waals surface area contributed by atoms with Gasteiger partial charge in [0.2, 0.25) is 0 Å². The van der Waals surface area contributed by atoms with Crippen LogP contribution in [0.25, 0.3) is 0 Å². The van der Waals surface area contributed by atoms with Crippen molar-refractivity contribution in [3.8, 4) is 0 Å². The Morgan fingerprint density at radius 1 is 1.50 bits per heavy atom. The van der Waals surface area contributed by atoms with Gasteiger partial charge in [0.15, 0.2) is 5.60 Å². The van der Waals surface area contributed by atoms with Crippen molar-refractivity contribution in [3.05, 3.63) is 28.8 Å². The quantitative estimate of drug-likeness (QED) is 0.702. The van der Waals surface area contributed by atoms with Gasteiger partial charge in [-0.3, -0.25) is 0 Å². The van der Waals surface area contributed by atoms with Crippen LogP contribution in [0, 0.1) is 0 Å². The maximum atomic E-state index is 11.2. The molecule has 1 aliphatic heterocycles. The maximum Gasteiger partial charge on any atom is 0.340 e. The van der Waals surface area contributed by atoms with Crippen LogP contribution in [0.3, 0.4) is 0 Å². The van der Waals surface area contributed by atoms with E-state index in [1.54, 1.807) is 18.2 Å². The van der Waals surface area contributed by atoms with E-state index in [0.717, 1.165) is 0 Å². The summed E-state index contributed by atoms with van der Waals surface area (Å²) in [6.45, 7) is 0.603. The summed E-state index contributed by atoms with van der Waals surface area (Å²) in [5.41, 5.74) is -0.986. The lowest BCUT2D eigenvalue weighted by Crippen LogP contribution is -2.35. The van der Waals surface area contributed by atoms with Gasteiger partial charge in [-0.1, -0.05) is 23.7 Å². The minimum atomic E-state index is -1.84. The molecule has 86 valence electrons. The first-order valence-corrected chi connectivity index (χ1v) is 5.42. The van der Waals surface area contributed by atoms with Crippen LogP contribution in [0.15, 0.2) is 18.2 Å². The number of carboxylic acid groups (broad SMARTS) is 1. The fraction of sp³-hybridized carbons (Fsp3) is 0.364. The molecular weight excluding hydrogens is 230 g/mol. The van der Waals surface area contributed by atoms with Gasteiger partial charge >= 0.3 is 5.97 Å². The first-order valence-electron chi connectivity index (χ1n) is 5.04. The van der Waals surface area contributed by atoms with Crippen molar-refractivity contribution in [2.24, 2.45) is 0 Å². The smallest absolute Gasteiger partial charge is 0.340 e. The zero-order chi connectivity index (χ0) is 11.8. The summed E-state index contributed by atoms with van der Waals surface area (Å²) in [5, 5.41) is 22.8. The van der Waals surface area contributed by atoms with Crippen LogP contribution in [0.5, 0.6) is 0 Å². The lowest BCUT2D eigenvalue weighted by molar-refractivity contribution is -0.160. The summed E-state index contributed by atoms with van der Waals surface area (Å²) in [4.78, 5) is 11.2. The topological polar surface area (TPSA) is 69.6 Å². The number of halogens is 1. The zero-order valence-electron chi connectivity index (χ0n) is 8.53. The molecule has 3 N–H and O–H groups in total. The number of benzene rings is 1. The van der Waals surface area contributed by atoms with Crippen molar-refractivity contribution in [1.29, 1.82) is 0 Å². The van der Waals surface area contributed by atoms with E-state index in [1.165, 1.54) is 0 Å². The summed E-state index contributed by atoms with van der Waals surface area (Å²) >= 11 is 5.98. The Kier molecular flexibility index (Phi) is 2.78. The predicted molar refractivity (Wildman–Crippen MR) is 60.7 cm³/mol. The molecule has 1 unspecified atom stereocenters. The molecule has 0 radical (unpaired) electrons. The molecule has 16 heavy (non-hydrogen) atoms. The number of hydrogen-bond acceptors (Lipinski definition) is 3. The number of fused-ring (bicyclic) bond motifs is 1. The zero-order valence-corrected chi connectivity index (χ0v) is 9.29. The molecule has 1 aliphatic rings. The van der Waals surface area contributed by atoms with E-state index in [4.69, 9.17) is 16.7 Å². The van der Waals surface area contributed by atoms with E-state index in [9.17, 15) is 9.90 Å². The summed E-state index contributed by atoms with van der Waals surface area (Å²) in [6.07, 6.45) is 0.760. The van der Waals surface area contributed by atoms with Gasteiger partial charge in [0.1, 0.15) is 0 Å². The Hall–Kier alpha value is -1.26. The lowest BCUT2D eigenvalue weighted by Gasteiger charge is -2.23. The molecule has 4 nitrogen and oxygen atoms in total. The van der Waals surface area contributed by atoms with Crippen LogP contribution in [-0.4, -0.2) is 22.7 Å². The second kappa shape index (κ2) is 3.96. The van der Waals surface area contributed by atoms with Crippen molar-refractivity contribution in [2.75, 3.05) is 11.9 Å². The van der Waals surface area contributed by atoms with E-state index in [2.05, 4.69) is 5.32 Å². The molecule has 0 bridgehead atoms. The number of carbonyl (C=O) groups is 1. The number of nitrogens with one attached hydrogen (secondary N) is 1. The number of carboxylic acids is 1. The molecule has 1 aromatic carbocycles. The van der Waals surface area contributed by atoms with Crippen molar-refractivity contribution in [2.45, 2.75) is 18.4 Å². The number of aliphatic carboxylic acids is 1. The minimum absolute atomic E-state index is 0.183.